The molecule has 0 bridgehead atoms. The smallest absolute Gasteiger partial charge is 0.309 e. The Bertz CT molecular complexity index is 514. The van der Waals surface area contributed by atoms with Gasteiger partial charge in [-0.3, -0.25) is 14.9 Å². The molecule has 7 heteroatoms. The number of hydrogen-bond donors (Lipinski definition) is 2. The Kier molecular flexibility index (Phi) is 3.81. The van der Waals surface area contributed by atoms with Gasteiger partial charge in [0.1, 0.15) is 5.02 Å². The normalized spacial score (nSPS) is 11.3. The number of carboxylic acids is 1. The number of nitrogens with two attached hydrogens (primary N) is 1. The van der Waals surface area contributed by atoms with Crippen LogP contribution in [0.3, 0.4) is 0 Å². The minimum absolute atomic E-state index is 0.0608. The molecule has 0 unspecified atom stereocenters. The monoisotopic (exact) mass is 272 g/mol. The molecule has 0 spiro atoms. The van der Waals surface area contributed by atoms with Crippen LogP contribution in [0.4, 0.5) is 11.4 Å². The number of carboxylic acid groups (broad SMARTS) is 1. The topological polar surface area (TPSA) is 106 Å². The molecular formula is C11H13ClN2O4. The third-order valence-corrected chi connectivity index (χ3v) is 2.92. The van der Waals surface area contributed by atoms with E-state index in [4.69, 9.17) is 22.4 Å². The van der Waals surface area contributed by atoms with Gasteiger partial charge in [0.2, 0.25) is 0 Å². The standard InChI is InChI=1S/C11H13ClN2O4/c1-11(2,10(15)16)5-6-3-9(14(17)18)7(12)4-8(6)13/h3-4H,5,13H2,1-2H3,(H,15,16). The molecule has 0 saturated carbocycles. The van der Waals surface area contributed by atoms with E-state index in [1.54, 1.807) is 0 Å². The number of nitro groups is 1. The summed E-state index contributed by atoms with van der Waals surface area (Å²) < 4.78 is 0. The molecule has 0 amide bonds. The van der Waals surface area contributed by atoms with E-state index in [9.17, 15) is 14.9 Å². The summed E-state index contributed by atoms with van der Waals surface area (Å²) in [7, 11) is 0. The predicted molar refractivity (Wildman–Crippen MR) is 67.6 cm³/mol. The van der Waals surface area contributed by atoms with Crippen LogP contribution in [0.5, 0.6) is 0 Å². The predicted octanol–water partition coefficient (Wildman–Crippen LogP) is 2.48. The van der Waals surface area contributed by atoms with Gasteiger partial charge in [-0.25, -0.2) is 0 Å². The fourth-order valence-corrected chi connectivity index (χ4v) is 1.71. The number of anilines is 1. The lowest BCUT2D eigenvalue weighted by atomic mass is 9.85. The third-order valence-electron chi connectivity index (χ3n) is 2.62. The maximum absolute atomic E-state index is 11.0. The van der Waals surface area contributed by atoms with E-state index in [0.29, 0.717) is 5.56 Å². The molecule has 98 valence electrons. The molecule has 0 heterocycles. The molecule has 0 aliphatic rings. The fraction of sp³-hybridized carbons (Fsp3) is 0.364. The molecule has 0 aromatic heterocycles. The third kappa shape index (κ3) is 2.89. The average Bonchev–Trinajstić information content (AvgIpc) is 2.21. The van der Waals surface area contributed by atoms with E-state index < -0.39 is 16.3 Å². The van der Waals surface area contributed by atoms with Gasteiger partial charge in [-0.05, 0) is 31.9 Å². The summed E-state index contributed by atoms with van der Waals surface area (Å²) in [5.74, 6) is -1.00. The fourth-order valence-electron chi connectivity index (χ4n) is 1.47. The summed E-state index contributed by atoms with van der Waals surface area (Å²) in [4.78, 5) is 21.1. The second-order valence-corrected chi connectivity index (χ2v) is 5.03. The van der Waals surface area contributed by atoms with E-state index >= 15 is 0 Å². The minimum atomic E-state index is -1.06. The van der Waals surface area contributed by atoms with Crippen LogP contribution in [-0.4, -0.2) is 16.0 Å². The molecule has 1 rings (SSSR count). The van der Waals surface area contributed by atoms with Crippen LogP contribution >= 0.6 is 11.6 Å². The second-order valence-electron chi connectivity index (χ2n) is 4.63. The summed E-state index contributed by atoms with van der Waals surface area (Å²) in [6.45, 7) is 3.05. The van der Waals surface area contributed by atoms with E-state index in [1.807, 2.05) is 0 Å². The van der Waals surface area contributed by atoms with Gasteiger partial charge in [-0.2, -0.15) is 0 Å². The summed E-state index contributed by atoms with van der Waals surface area (Å²) in [6.07, 6.45) is 0.0895. The summed E-state index contributed by atoms with van der Waals surface area (Å²) in [5.41, 5.74) is 5.01. The Hall–Kier alpha value is -1.82. The van der Waals surface area contributed by atoms with E-state index in [0.717, 1.165) is 0 Å². The Morgan fingerprint density at radius 1 is 1.56 bits per heavy atom. The maximum atomic E-state index is 11.0. The highest BCUT2D eigenvalue weighted by molar-refractivity contribution is 6.33. The zero-order valence-corrected chi connectivity index (χ0v) is 10.7. The van der Waals surface area contributed by atoms with Crippen LogP contribution in [0.15, 0.2) is 12.1 Å². The van der Waals surface area contributed by atoms with Crippen LogP contribution < -0.4 is 5.73 Å². The number of aliphatic carboxylic acids is 1. The van der Waals surface area contributed by atoms with E-state index in [2.05, 4.69) is 0 Å². The quantitative estimate of drug-likeness (QED) is 0.497. The summed E-state index contributed by atoms with van der Waals surface area (Å²) in [5, 5.41) is 19.7. The molecular weight excluding hydrogens is 260 g/mol. The largest absolute Gasteiger partial charge is 0.481 e. The van der Waals surface area contributed by atoms with Gasteiger partial charge in [0.05, 0.1) is 10.3 Å². The first-order valence-electron chi connectivity index (χ1n) is 5.11. The number of benzene rings is 1. The first kappa shape index (κ1) is 14.2. The van der Waals surface area contributed by atoms with Crippen LogP contribution in [0.2, 0.25) is 5.02 Å². The first-order valence-corrected chi connectivity index (χ1v) is 5.48. The first-order chi connectivity index (χ1) is 8.15. The SMILES string of the molecule is CC(C)(Cc1cc([N+](=O)[O-])c(Cl)cc1N)C(=O)O. The molecule has 1 aromatic carbocycles. The van der Waals surface area contributed by atoms with Crippen molar-refractivity contribution >= 4 is 28.9 Å². The number of carbonyl (C=O) groups is 1. The van der Waals surface area contributed by atoms with Gasteiger partial charge in [0.15, 0.2) is 0 Å². The number of nitrogen functional groups attached to an aromatic ring is 1. The lowest BCUT2D eigenvalue weighted by molar-refractivity contribution is -0.384. The summed E-state index contributed by atoms with van der Waals surface area (Å²) in [6, 6.07) is 2.50. The number of hydrogen-bond acceptors (Lipinski definition) is 4. The number of nitro benzene ring substituents is 1. The van der Waals surface area contributed by atoms with Gasteiger partial charge < -0.3 is 10.8 Å². The average molecular weight is 273 g/mol. The zero-order chi connectivity index (χ0) is 14.1. The second kappa shape index (κ2) is 4.81. The molecule has 0 atom stereocenters. The molecule has 0 saturated heterocycles. The van der Waals surface area contributed by atoms with Crippen LogP contribution in [0.1, 0.15) is 19.4 Å². The number of halogens is 1. The van der Waals surface area contributed by atoms with Gasteiger partial charge in [-0.1, -0.05) is 11.6 Å². The Morgan fingerprint density at radius 2 is 2.11 bits per heavy atom. The van der Waals surface area contributed by atoms with E-state index in [-0.39, 0.29) is 22.8 Å². The van der Waals surface area contributed by atoms with Crippen LogP contribution in [0, 0.1) is 15.5 Å². The van der Waals surface area contributed by atoms with Crippen molar-refractivity contribution in [3.63, 3.8) is 0 Å². The van der Waals surface area contributed by atoms with Crippen molar-refractivity contribution in [3.05, 3.63) is 32.8 Å². The molecule has 6 nitrogen and oxygen atoms in total. The van der Waals surface area contributed by atoms with Crippen molar-refractivity contribution in [2.75, 3.05) is 5.73 Å². The minimum Gasteiger partial charge on any atom is -0.481 e. The molecule has 0 aliphatic carbocycles. The highest BCUT2D eigenvalue weighted by Crippen LogP contribution is 2.33. The van der Waals surface area contributed by atoms with Crippen LogP contribution in [-0.2, 0) is 11.2 Å². The van der Waals surface area contributed by atoms with Crippen molar-refractivity contribution in [1.29, 1.82) is 0 Å². The van der Waals surface area contributed by atoms with Crippen molar-refractivity contribution in [2.24, 2.45) is 5.41 Å². The molecule has 1 aromatic rings. The molecule has 3 N–H and O–H groups in total. The number of rotatable bonds is 4. The van der Waals surface area contributed by atoms with Gasteiger partial charge >= 0.3 is 5.97 Å². The van der Waals surface area contributed by atoms with Crippen LogP contribution in [0.25, 0.3) is 0 Å². The highest BCUT2D eigenvalue weighted by Gasteiger charge is 2.29. The number of nitrogens with zero attached hydrogens (tertiary/aromatic N) is 1. The van der Waals surface area contributed by atoms with Crippen molar-refractivity contribution in [2.45, 2.75) is 20.3 Å². The maximum Gasteiger partial charge on any atom is 0.309 e. The van der Waals surface area contributed by atoms with Gasteiger partial charge in [0.25, 0.3) is 5.69 Å². The lowest BCUT2D eigenvalue weighted by Crippen LogP contribution is -2.26. The molecule has 0 fully saturated rings. The van der Waals surface area contributed by atoms with E-state index in [1.165, 1.54) is 26.0 Å². The Morgan fingerprint density at radius 3 is 2.56 bits per heavy atom. The molecule has 18 heavy (non-hydrogen) atoms. The Labute approximate surface area is 109 Å². The molecule has 0 aliphatic heterocycles. The van der Waals surface area contributed by atoms with Crippen molar-refractivity contribution in [1.82, 2.24) is 0 Å². The van der Waals surface area contributed by atoms with Gasteiger partial charge in [-0.15, -0.1) is 0 Å². The lowest BCUT2D eigenvalue weighted by Gasteiger charge is -2.20. The van der Waals surface area contributed by atoms with Crippen molar-refractivity contribution < 1.29 is 14.8 Å². The zero-order valence-electron chi connectivity index (χ0n) is 9.94. The Balaban J connectivity index is 3.22. The van der Waals surface area contributed by atoms with Crippen molar-refractivity contribution in [3.8, 4) is 0 Å². The molecule has 0 radical (unpaired) electrons. The summed E-state index contributed by atoms with van der Waals surface area (Å²) >= 11 is 5.69. The van der Waals surface area contributed by atoms with Gasteiger partial charge in [0, 0.05) is 11.8 Å². The highest BCUT2D eigenvalue weighted by atomic mass is 35.5.